The second-order valence-electron chi connectivity index (χ2n) is 5.21. The maximum Gasteiger partial charge on any atom is 0.307 e. The number of hydrogen-bond donors (Lipinski definition) is 0. The molecule has 1 aliphatic heterocycles. The van der Waals surface area contributed by atoms with Crippen LogP contribution in [0.25, 0.3) is 0 Å². The molecule has 0 spiro atoms. The van der Waals surface area contributed by atoms with Crippen molar-refractivity contribution in [2.45, 2.75) is 18.2 Å². The van der Waals surface area contributed by atoms with Crippen LogP contribution < -0.4 is 4.90 Å². The molecule has 1 fully saturated rings. The Hall–Kier alpha value is -2.22. The highest BCUT2D eigenvalue weighted by Crippen LogP contribution is 2.26. The molecule has 2 heterocycles. The fraction of sp³-hybridized carbons (Fsp3) is 0.286. The van der Waals surface area contributed by atoms with Crippen molar-refractivity contribution in [3.63, 3.8) is 0 Å². The van der Waals surface area contributed by atoms with Crippen molar-refractivity contribution in [3.8, 4) is 0 Å². The fourth-order valence-electron chi connectivity index (χ4n) is 2.53. The van der Waals surface area contributed by atoms with Gasteiger partial charge in [-0.15, -0.1) is 3.89 Å². The summed E-state index contributed by atoms with van der Waals surface area (Å²) in [5.74, 6) is -0.383. The lowest BCUT2D eigenvalue weighted by Crippen LogP contribution is -2.27. The molecule has 0 radical (unpaired) electrons. The van der Waals surface area contributed by atoms with Crippen molar-refractivity contribution in [2.75, 3.05) is 11.4 Å². The molecule has 1 aliphatic rings. The molecule has 1 saturated heterocycles. The monoisotopic (exact) mass is 323 g/mol. The van der Waals surface area contributed by atoms with Crippen molar-refractivity contribution >= 4 is 21.8 Å². The van der Waals surface area contributed by atoms with E-state index in [4.69, 9.17) is 0 Å². The molecular weight excluding hydrogens is 309 g/mol. The Labute approximate surface area is 127 Å². The third kappa shape index (κ3) is 3.01. The van der Waals surface area contributed by atoms with E-state index in [2.05, 4.69) is 4.98 Å². The van der Waals surface area contributed by atoms with Crippen LogP contribution in [-0.4, -0.2) is 35.7 Å². The van der Waals surface area contributed by atoms with Crippen LogP contribution in [0.3, 0.4) is 0 Å². The van der Waals surface area contributed by atoms with Crippen LogP contribution in [0.15, 0.2) is 43.0 Å². The summed E-state index contributed by atoms with van der Waals surface area (Å²) in [6, 6.07) is 7.19. The highest BCUT2D eigenvalue weighted by Gasteiger charge is 2.39. The molecule has 0 saturated carbocycles. The first-order chi connectivity index (χ1) is 10.4. The SMILES string of the molecule is O=C1CC(S(=O)(=O)F)CN1c1cccc(Cn2ccnc2)c1. The number of benzene rings is 1. The molecule has 1 amide bonds. The first-order valence-electron chi connectivity index (χ1n) is 6.72. The maximum atomic E-state index is 13.1. The highest BCUT2D eigenvalue weighted by molar-refractivity contribution is 7.87. The average Bonchev–Trinajstić information content (AvgIpc) is 3.08. The third-order valence-corrected chi connectivity index (χ3v) is 4.75. The molecular formula is C14H14FN3O3S. The predicted molar refractivity (Wildman–Crippen MR) is 78.6 cm³/mol. The number of anilines is 1. The lowest BCUT2D eigenvalue weighted by atomic mass is 10.2. The first kappa shape index (κ1) is 14.7. The Kier molecular flexibility index (Phi) is 3.69. The fourth-order valence-corrected chi connectivity index (χ4v) is 3.20. The van der Waals surface area contributed by atoms with Crippen molar-refractivity contribution in [3.05, 3.63) is 48.5 Å². The molecule has 6 nitrogen and oxygen atoms in total. The van der Waals surface area contributed by atoms with Gasteiger partial charge in [0.25, 0.3) is 0 Å². The molecule has 0 bridgehead atoms. The Morgan fingerprint density at radius 2 is 2.18 bits per heavy atom. The smallest absolute Gasteiger partial charge is 0.307 e. The summed E-state index contributed by atoms with van der Waals surface area (Å²) in [4.78, 5) is 17.2. The van der Waals surface area contributed by atoms with Gasteiger partial charge in [-0.3, -0.25) is 4.79 Å². The number of carbonyl (C=O) groups excluding carboxylic acids is 1. The summed E-state index contributed by atoms with van der Waals surface area (Å²) in [5.41, 5.74) is 1.52. The largest absolute Gasteiger partial charge is 0.333 e. The molecule has 0 aliphatic carbocycles. The van der Waals surface area contributed by atoms with Gasteiger partial charge in [-0.2, -0.15) is 8.42 Å². The molecule has 1 atom stereocenters. The second kappa shape index (κ2) is 5.53. The first-order valence-corrected chi connectivity index (χ1v) is 8.16. The maximum absolute atomic E-state index is 13.1. The van der Waals surface area contributed by atoms with Crippen LogP contribution in [0, 0.1) is 0 Å². The van der Waals surface area contributed by atoms with Gasteiger partial charge in [0.2, 0.25) is 5.91 Å². The van der Waals surface area contributed by atoms with Gasteiger partial charge in [-0.25, -0.2) is 4.98 Å². The van der Waals surface area contributed by atoms with Gasteiger partial charge in [0.15, 0.2) is 0 Å². The number of carbonyl (C=O) groups is 1. The summed E-state index contributed by atoms with van der Waals surface area (Å²) in [5, 5.41) is -1.28. The lowest BCUT2D eigenvalue weighted by Gasteiger charge is -2.17. The number of aromatic nitrogens is 2. The number of rotatable bonds is 4. The Bertz CT molecular complexity index is 789. The zero-order valence-corrected chi connectivity index (χ0v) is 12.4. The normalized spacial score (nSPS) is 18.9. The zero-order valence-electron chi connectivity index (χ0n) is 11.6. The van der Waals surface area contributed by atoms with E-state index in [1.165, 1.54) is 4.90 Å². The van der Waals surface area contributed by atoms with Crippen molar-refractivity contribution in [1.29, 1.82) is 0 Å². The van der Waals surface area contributed by atoms with E-state index >= 15 is 0 Å². The molecule has 116 valence electrons. The molecule has 3 rings (SSSR count). The Morgan fingerprint density at radius 3 is 2.82 bits per heavy atom. The summed E-state index contributed by atoms with van der Waals surface area (Å²) < 4.78 is 36.9. The molecule has 1 aromatic carbocycles. The van der Waals surface area contributed by atoms with E-state index in [1.54, 1.807) is 30.7 Å². The van der Waals surface area contributed by atoms with Crippen LogP contribution in [-0.2, 0) is 21.6 Å². The quantitative estimate of drug-likeness (QED) is 0.796. The topological polar surface area (TPSA) is 72.3 Å². The number of halogens is 1. The van der Waals surface area contributed by atoms with Crippen LogP contribution >= 0.6 is 0 Å². The number of hydrogen-bond acceptors (Lipinski definition) is 4. The van der Waals surface area contributed by atoms with Gasteiger partial charge in [0, 0.05) is 37.6 Å². The number of amides is 1. The summed E-state index contributed by atoms with van der Waals surface area (Å²) >= 11 is 0. The third-order valence-electron chi connectivity index (χ3n) is 3.63. The van der Waals surface area contributed by atoms with Gasteiger partial charge in [-0.05, 0) is 17.7 Å². The Morgan fingerprint density at radius 1 is 1.36 bits per heavy atom. The average molecular weight is 323 g/mol. The van der Waals surface area contributed by atoms with Gasteiger partial charge in [0.1, 0.15) is 5.25 Å². The van der Waals surface area contributed by atoms with E-state index in [1.807, 2.05) is 16.8 Å². The van der Waals surface area contributed by atoms with Crippen molar-refractivity contribution in [1.82, 2.24) is 9.55 Å². The van der Waals surface area contributed by atoms with E-state index in [-0.39, 0.29) is 18.9 Å². The van der Waals surface area contributed by atoms with Gasteiger partial charge in [0.05, 0.1) is 6.33 Å². The van der Waals surface area contributed by atoms with Crippen LogP contribution in [0.5, 0.6) is 0 Å². The molecule has 1 aromatic heterocycles. The minimum atomic E-state index is -4.70. The van der Waals surface area contributed by atoms with Crippen LogP contribution in [0.2, 0.25) is 0 Å². The summed E-state index contributed by atoms with van der Waals surface area (Å²) in [7, 11) is -4.70. The van der Waals surface area contributed by atoms with Gasteiger partial charge < -0.3 is 9.47 Å². The summed E-state index contributed by atoms with van der Waals surface area (Å²) in [6.07, 6.45) is 4.86. The van der Waals surface area contributed by atoms with Gasteiger partial charge in [-0.1, -0.05) is 12.1 Å². The predicted octanol–water partition coefficient (Wildman–Crippen LogP) is 1.34. The Balaban J connectivity index is 1.82. The highest BCUT2D eigenvalue weighted by atomic mass is 32.3. The van der Waals surface area contributed by atoms with Crippen LogP contribution in [0.1, 0.15) is 12.0 Å². The molecule has 8 heteroatoms. The molecule has 1 unspecified atom stereocenters. The van der Waals surface area contributed by atoms with Crippen molar-refractivity contribution < 1.29 is 17.1 Å². The number of nitrogens with zero attached hydrogens (tertiary/aromatic N) is 3. The standard InChI is InChI=1S/C14H14FN3O3S/c15-22(20,21)13-7-14(19)18(9-13)12-3-1-2-11(6-12)8-17-5-4-16-10-17/h1-6,10,13H,7-9H2. The minimum Gasteiger partial charge on any atom is -0.333 e. The molecule has 22 heavy (non-hydrogen) atoms. The minimum absolute atomic E-state index is 0.147. The van der Waals surface area contributed by atoms with Gasteiger partial charge >= 0.3 is 10.2 Å². The second-order valence-corrected chi connectivity index (χ2v) is 6.83. The van der Waals surface area contributed by atoms with E-state index in [0.717, 1.165) is 5.56 Å². The van der Waals surface area contributed by atoms with E-state index in [0.29, 0.717) is 12.2 Å². The molecule has 0 N–H and O–H groups in total. The number of imidazole rings is 1. The van der Waals surface area contributed by atoms with E-state index < -0.39 is 15.5 Å². The summed E-state index contributed by atoms with van der Waals surface area (Å²) in [6.45, 7) is 0.437. The molecule has 2 aromatic rings. The zero-order chi connectivity index (χ0) is 15.7. The van der Waals surface area contributed by atoms with Crippen molar-refractivity contribution in [2.24, 2.45) is 0 Å². The van der Waals surface area contributed by atoms with Crippen LogP contribution in [0.4, 0.5) is 9.57 Å². The van der Waals surface area contributed by atoms with E-state index in [9.17, 15) is 17.1 Å². The lowest BCUT2D eigenvalue weighted by molar-refractivity contribution is -0.117.